The van der Waals surface area contributed by atoms with Crippen molar-refractivity contribution in [1.29, 1.82) is 0 Å². The van der Waals surface area contributed by atoms with Crippen LogP contribution in [-0.2, 0) is 15.1 Å². The van der Waals surface area contributed by atoms with Crippen LogP contribution in [0.3, 0.4) is 0 Å². The molecule has 1 aromatic rings. The van der Waals surface area contributed by atoms with Gasteiger partial charge in [0.15, 0.2) is 0 Å². The van der Waals surface area contributed by atoms with Crippen molar-refractivity contribution in [3.63, 3.8) is 0 Å². The highest BCUT2D eigenvalue weighted by Gasteiger charge is 2.40. The first-order valence-electron chi connectivity index (χ1n) is 6.85. The van der Waals surface area contributed by atoms with E-state index < -0.39 is 17.3 Å². The molecule has 2 rings (SSSR count). The van der Waals surface area contributed by atoms with Gasteiger partial charge in [0.25, 0.3) is 0 Å². The Bertz CT molecular complexity index is 505. The number of rotatable bonds is 6. The zero-order valence-corrected chi connectivity index (χ0v) is 13.3. The van der Waals surface area contributed by atoms with E-state index in [1.54, 1.807) is 26.0 Å². The largest absolute Gasteiger partial charge is 0.464 e. The molecule has 0 aromatic heterocycles. The number of carbonyl (C=O) groups is 1. The van der Waals surface area contributed by atoms with Crippen molar-refractivity contribution in [3.8, 4) is 0 Å². The van der Waals surface area contributed by atoms with E-state index in [2.05, 4.69) is 21.2 Å². The van der Waals surface area contributed by atoms with Crippen molar-refractivity contribution in [2.75, 3.05) is 13.2 Å². The molecule has 1 saturated carbocycles. The molecule has 1 unspecified atom stereocenters. The fourth-order valence-corrected chi connectivity index (χ4v) is 2.46. The molecule has 1 aliphatic rings. The molecule has 0 amide bonds. The highest BCUT2D eigenvalue weighted by molar-refractivity contribution is 9.10. The number of ether oxygens (including phenoxy) is 1. The molecule has 1 aromatic carbocycles. The predicted molar refractivity (Wildman–Crippen MR) is 78.8 cm³/mol. The maximum absolute atomic E-state index is 14.1. The maximum atomic E-state index is 14.1. The molecule has 1 N–H and O–H groups in total. The molecule has 5 heteroatoms. The van der Waals surface area contributed by atoms with E-state index in [0.29, 0.717) is 18.0 Å². The number of hydrogen-bond donors (Lipinski definition) is 1. The number of hydrogen-bond acceptors (Lipinski definition) is 3. The lowest BCUT2D eigenvalue weighted by molar-refractivity contribution is -0.151. The van der Waals surface area contributed by atoms with Gasteiger partial charge >= 0.3 is 5.97 Å². The summed E-state index contributed by atoms with van der Waals surface area (Å²) in [5, 5.41) is 3.19. The Labute approximate surface area is 127 Å². The van der Waals surface area contributed by atoms with Gasteiger partial charge in [-0.2, -0.15) is 0 Å². The van der Waals surface area contributed by atoms with Gasteiger partial charge in [-0.05, 0) is 57.4 Å². The number of carbonyl (C=O) groups excluding carboxylic acids is 1. The summed E-state index contributed by atoms with van der Waals surface area (Å²) in [5.41, 5.74) is -0.849. The Morgan fingerprint density at radius 3 is 2.85 bits per heavy atom. The van der Waals surface area contributed by atoms with E-state index in [-0.39, 0.29) is 6.61 Å². The molecule has 3 nitrogen and oxygen atoms in total. The van der Waals surface area contributed by atoms with Gasteiger partial charge in [0, 0.05) is 10.0 Å². The zero-order valence-electron chi connectivity index (χ0n) is 11.7. The second-order valence-corrected chi connectivity index (χ2v) is 6.21. The van der Waals surface area contributed by atoms with Crippen LogP contribution in [0.2, 0.25) is 0 Å². The van der Waals surface area contributed by atoms with E-state index in [1.165, 1.54) is 6.07 Å². The summed E-state index contributed by atoms with van der Waals surface area (Å²) < 4.78 is 20.0. The van der Waals surface area contributed by atoms with Crippen LogP contribution in [0.5, 0.6) is 0 Å². The van der Waals surface area contributed by atoms with Crippen LogP contribution in [-0.4, -0.2) is 19.1 Å². The van der Waals surface area contributed by atoms with Crippen molar-refractivity contribution < 1.29 is 13.9 Å². The van der Waals surface area contributed by atoms with Crippen LogP contribution >= 0.6 is 15.9 Å². The molecular weight excluding hydrogens is 325 g/mol. The van der Waals surface area contributed by atoms with E-state index in [4.69, 9.17) is 4.74 Å². The lowest BCUT2D eigenvalue weighted by Gasteiger charge is -2.29. The molecule has 0 bridgehead atoms. The van der Waals surface area contributed by atoms with Crippen LogP contribution in [0, 0.1) is 11.7 Å². The first-order valence-corrected chi connectivity index (χ1v) is 7.64. The maximum Gasteiger partial charge on any atom is 0.330 e. The molecule has 1 atom stereocenters. The Morgan fingerprint density at radius 2 is 2.25 bits per heavy atom. The van der Waals surface area contributed by atoms with Gasteiger partial charge in [0.1, 0.15) is 11.4 Å². The van der Waals surface area contributed by atoms with Crippen molar-refractivity contribution >= 4 is 21.9 Å². The van der Waals surface area contributed by atoms with E-state index >= 15 is 0 Å². The fourth-order valence-electron chi connectivity index (χ4n) is 2.10. The molecular formula is C15H19BrFNO2. The van der Waals surface area contributed by atoms with Gasteiger partial charge in [-0.15, -0.1) is 0 Å². The summed E-state index contributed by atoms with van der Waals surface area (Å²) in [6.07, 6.45) is 2.32. The zero-order chi connectivity index (χ0) is 14.8. The molecule has 0 spiro atoms. The Morgan fingerprint density at radius 1 is 1.55 bits per heavy atom. The molecule has 20 heavy (non-hydrogen) atoms. The lowest BCUT2D eigenvalue weighted by atomic mass is 9.91. The minimum absolute atomic E-state index is 0.273. The standard InChI is InChI=1S/C15H19BrFNO2/c1-3-20-14(19)15(2,18-9-10-4-5-10)12-8-11(16)6-7-13(12)17/h6-8,10,18H,3-5,9H2,1-2H3. The van der Waals surface area contributed by atoms with Gasteiger partial charge in [-0.1, -0.05) is 15.9 Å². The van der Waals surface area contributed by atoms with Crippen LogP contribution in [0.25, 0.3) is 0 Å². The van der Waals surface area contributed by atoms with Gasteiger partial charge < -0.3 is 4.74 Å². The van der Waals surface area contributed by atoms with Crippen molar-refractivity contribution in [2.45, 2.75) is 32.2 Å². The summed E-state index contributed by atoms with van der Waals surface area (Å²) in [6, 6.07) is 4.60. The third-order valence-corrected chi connectivity index (χ3v) is 4.09. The molecule has 0 aliphatic heterocycles. The minimum Gasteiger partial charge on any atom is -0.464 e. The monoisotopic (exact) mass is 343 g/mol. The highest BCUT2D eigenvalue weighted by atomic mass is 79.9. The van der Waals surface area contributed by atoms with Gasteiger partial charge in [-0.25, -0.2) is 9.18 Å². The summed E-state index contributed by atoms with van der Waals surface area (Å²) in [6.45, 7) is 4.39. The second-order valence-electron chi connectivity index (χ2n) is 5.29. The first-order chi connectivity index (χ1) is 9.47. The van der Waals surface area contributed by atoms with Gasteiger partial charge in [0.2, 0.25) is 0 Å². The van der Waals surface area contributed by atoms with E-state index in [9.17, 15) is 9.18 Å². The van der Waals surface area contributed by atoms with Crippen LogP contribution < -0.4 is 5.32 Å². The fraction of sp³-hybridized carbons (Fsp3) is 0.533. The normalized spacial score (nSPS) is 17.6. The average molecular weight is 344 g/mol. The number of esters is 1. The third kappa shape index (κ3) is 3.38. The Kier molecular flexibility index (Phi) is 4.81. The highest BCUT2D eigenvalue weighted by Crippen LogP contribution is 2.32. The van der Waals surface area contributed by atoms with Crippen molar-refractivity contribution in [3.05, 3.63) is 34.1 Å². The number of halogens is 2. The SMILES string of the molecule is CCOC(=O)C(C)(NCC1CC1)c1cc(Br)ccc1F. The minimum atomic E-state index is -1.16. The Balaban J connectivity index is 2.32. The summed E-state index contributed by atoms with van der Waals surface area (Å²) in [4.78, 5) is 12.3. The molecule has 0 heterocycles. The number of benzene rings is 1. The number of nitrogens with one attached hydrogen (secondary N) is 1. The lowest BCUT2D eigenvalue weighted by Crippen LogP contribution is -2.49. The summed E-state index contributed by atoms with van der Waals surface area (Å²) >= 11 is 3.32. The summed E-state index contributed by atoms with van der Waals surface area (Å²) in [7, 11) is 0. The third-order valence-electron chi connectivity index (χ3n) is 3.59. The molecule has 1 fully saturated rings. The second kappa shape index (κ2) is 6.22. The quantitative estimate of drug-likeness (QED) is 0.805. The summed E-state index contributed by atoms with van der Waals surface area (Å²) in [5.74, 6) is -0.274. The Hall–Kier alpha value is -0.940. The van der Waals surface area contributed by atoms with E-state index in [0.717, 1.165) is 17.3 Å². The van der Waals surface area contributed by atoms with Gasteiger partial charge in [-0.3, -0.25) is 5.32 Å². The first kappa shape index (κ1) is 15.4. The van der Waals surface area contributed by atoms with Crippen LogP contribution in [0.1, 0.15) is 32.3 Å². The predicted octanol–water partition coefficient (Wildman–Crippen LogP) is 3.37. The van der Waals surface area contributed by atoms with E-state index in [1.807, 2.05) is 0 Å². The smallest absolute Gasteiger partial charge is 0.330 e. The van der Waals surface area contributed by atoms with Crippen LogP contribution in [0.15, 0.2) is 22.7 Å². The molecule has 110 valence electrons. The molecule has 0 radical (unpaired) electrons. The van der Waals surface area contributed by atoms with Crippen molar-refractivity contribution in [1.82, 2.24) is 5.32 Å². The van der Waals surface area contributed by atoms with Gasteiger partial charge in [0.05, 0.1) is 6.61 Å². The van der Waals surface area contributed by atoms with Crippen molar-refractivity contribution in [2.24, 2.45) is 5.92 Å². The average Bonchev–Trinajstić information content (AvgIpc) is 3.23. The molecule has 1 aliphatic carbocycles. The molecule has 0 saturated heterocycles. The van der Waals surface area contributed by atoms with Crippen LogP contribution in [0.4, 0.5) is 4.39 Å². The topological polar surface area (TPSA) is 38.3 Å².